The van der Waals surface area contributed by atoms with E-state index in [9.17, 15) is 9.90 Å². The second kappa shape index (κ2) is 5.55. The first-order chi connectivity index (χ1) is 10.3. The minimum atomic E-state index is -1.77. The van der Waals surface area contributed by atoms with Gasteiger partial charge in [0.25, 0.3) is 0 Å². The molecule has 0 aliphatic carbocycles. The molecule has 0 fully saturated rings. The molecule has 2 aromatic rings. The van der Waals surface area contributed by atoms with Crippen LogP contribution in [0.25, 0.3) is 11.1 Å². The highest BCUT2D eigenvalue weighted by Crippen LogP contribution is 2.47. The molecule has 114 valence electrons. The quantitative estimate of drug-likeness (QED) is 0.761. The topological polar surface area (TPSA) is 46.5 Å². The van der Waals surface area contributed by atoms with Crippen molar-refractivity contribution in [2.45, 2.75) is 12.7 Å². The molecule has 3 nitrogen and oxygen atoms in total. The minimum absolute atomic E-state index is 0.152. The molecule has 1 unspecified atom stereocenters. The number of thiophene rings is 1. The van der Waals surface area contributed by atoms with Crippen LogP contribution in [0.4, 0.5) is 0 Å². The van der Waals surface area contributed by atoms with Crippen LogP contribution in [0, 0.1) is 0 Å². The summed E-state index contributed by atoms with van der Waals surface area (Å²) >= 11 is 19.6. The average molecular weight is 376 g/mol. The van der Waals surface area contributed by atoms with E-state index in [1.165, 1.54) is 18.3 Å². The maximum Gasteiger partial charge on any atom is 0.342 e. The number of halogens is 3. The van der Waals surface area contributed by atoms with Gasteiger partial charge in [0, 0.05) is 17.4 Å². The van der Waals surface area contributed by atoms with Crippen molar-refractivity contribution < 1.29 is 14.6 Å². The van der Waals surface area contributed by atoms with Crippen LogP contribution in [-0.2, 0) is 9.53 Å². The van der Waals surface area contributed by atoms with Crippen LogP contribution >= 0.6 is 46.1 Å². The van der Waals surface area contributed by atoms with Gasteiger partial charge in [-0.25, -0.2) is 4.79 Å². The number of esters is 1. The zero-order valence-corrected chi connectivity index (χ0v) is 14.3. The van der Waals surface area contributed by atoms with E-state index in [0.717, 1.165) is 0 Å². The number of carbonyl (C=O) groups is 1. The molecule has 1 N–H and O–H groups in total. The second-order valence-corrected chi connectivity index (χ2v) is 7.35. The van der Waals surface area contributed by atoms with E-state index in [0.29, 0.717) is 30.4 Å². The fourth-order valence-electron chi connectivity index (χ4n) is 2.38. The molecule has 7 heteroatoms. The molecule has 0 bridgehead atoms. The Morgan fingerprint density at radius 3 is 2.32 bits per heavy atom. The Morgan fingerprint density at radius 1 is 1.14 bits per heavy atom. The number of carbonyl (C=O) groups excluding carboxylic acids is 1. The normalized spacial score (nSPS) is 21.4. The van der Waals surface area contributed by atoms with Crippen LogP contribution in [0.3, 0.4) is 0 Å². The summed E-state index contributed by atoms with van der Waals surface area (Å²) in [6.45, 7) is 1.39. The monoisotopic (exact) mass is 374 g/mol. The number of aliphatic hydroxyl groups is 1. The van der Waals surface area contributed by atoms with Gasteiger partial charge < -0.3 is 9.84 Å². The molecule has 1 atom stereocenters. The van der Waals surface area contributed by atoms with Gasteiger partial charge in [0.1, 0.15) is 0 Å². The molecule has 22 heavy (non-hydrogen) atoms. The van der Waals surface area contributed by atoms with Gasteiger partial charge in [-0.05, 0) is 24.3 Å². The van der Waals surface area contributed by atoms with Crippen molar-refractivity contribution >= 4 is 63.3 Å². The van der Waals surface area contributed by atoms with Crippen molar-refractivity contribution in [1.29, 1.82) is 0 Å². The predicted octanol–water partition coefficient (Wildman–Crippen LogP) is 4.88. The maximum atomic E-state index is 12.3. The molecule has 0 radical (unpaired) electrons. The molecular weight excluding hydrogens is 367 g/mol. The van der Waals surface area contributed by atoms with E-state index < -0.39 is 11.8 Å². The molecule has 1 aromatic carbocycles. The van der Waals surface area contributed by atoms with Gasteiger partial charge in [-0.15, -0.1) is 11.3 Å². The summed E-state index contributed by atoms with van der Waals surface area (Å²) in [4.78, 5) is 12.9. The Bertz CT molecular complexity index is 788. The summed E-state index contributed by atoms with van der Waals surface area (Å²) in [7, 11) is 0. The molecule has 0 saturated heterocycles. The van der Waals surface area contributed by atoms with Gasteiger partial charge in [0.05, 0.1) is 25.5 Å². The highest BCUT2D eigenvalue weighted by Gasteiger charge is 2.45. The summed E-state index contributed by atoms with van der Waals surface area (Å²) in [5.74, 6) is -2.46. The fraction of sp³-hybridized carbons (Fsp3) is 0.133. The van der Waals surface area contributed by atoms with Gasteiger partial charge in [0.15, 0.2) is 0 Å². The molecule has 0 saturated carbocycles. The summed E-state index contributed by atoms with van der Waals surface area (Å²) in [5.41, 5.74) is 0.802. The van der Waals surface area contributed by atoms with E-state index in [2.05, 4.69) is 0 Å². The Hall–Kier alpha value is -1.04. The van der Waals surface area contributed by atoms with Crippen LogP contribution in [-0.4, -0.2) is 16.9 Å². The van der Waals surface area contributed by atoms with Crippen molar-refractivity contribution in [2.24, 2.45) is 0 Å². The summed E-state index contributed by atoms with van der Waals surface area (Å²) < 4.78 is 5.62. The lowest BCUT2D eigenvalue weighted by molar-refractivity contribution is -0.169. The number of ether oxygens (including phenoxy) is 1. The van der Waals surface area contributed by atoms with Gasteiger partial charge in [-0.2, -0.15) is 0 Å². The summed E-state index contributed by atoms with van der Waals surface area (Å²) in [5, 5.41) is 11.1. The summed E-state index contributed by atoms with van der Waals surface area (Å²) in [6.07, 6.45) is 0. The first-order valence-corrected chi connectivity index (χ1v) is 8.17. The second-order valence-electron chi connectivity index (χ2n) is 4.82. The van der Waals surface area contributed by atoms with E-state index in [-0.39, 0.29) is 5.57 Å². The first-order valence-electron chi connectivity index (χ1n) is 6.22. The first kappa shape index (κ1) is 15.8. The van der Waals surface area contributed by atoms with E-state index >= 15 is 0 Å². The van der Waals surface area contributed by atoms with Crippen LogP contribution < -0.4 is 0 Å². The molecule has 1 aromatic heterocycles. The van der Waals surface area contributed by atoms with Crippen molar-refractivity contribution in [2.75, 3.05) is 0 Å². The number of cyclic esters (lactones) is 1. The predicted molar refractivity (Wildman–Crippen MR) is 89.3 cm³/mol. The van der Waals surface area contributed by atoms with E-state index in [1.807, 2.05) is 0 Å². The Morgan fingerprint density at radius 2 is 1.77 bits per heavy atom. The molecule has 3 rings (SSSR count). The highest BCUT2D eigenvalue weighted by atomic mass is 35.5. The standard InChI is InChI=1S/C15H9Cl3O3S/c1-15(20)13(9-5-6-10(18)22-9)12(14(19)21-15)11-7(16)3-2-4-8(11)17/h2-6,20H,1H3. The van der Waals surface area contributed by atoms with Crippen molar-refractivity contribution in [3.8, 4) is 0 Å². The number of rotatable bonds is 2. The van der Waals surface area contributed by atoms with Gasteiger partial charge >= 0.3 is 5.97 Å². The van der Waals surface area contributed by atoms with Crippen LogP contribution in [0.2, 0.25) is 14.4 Å². The Kier molecular flexibility index (Phi) is 4.00. The lowest BCUT2D eigenvalue weighted by Crippen LogP contribution is -2.25. The molecule has 2 heterocycles. The minimum Gasteiger partial charge on any atom is -0.425 e. The third-order valence-electron chi connectivity index (χ3n) is 3.24. The van der Waals surface area contributed by atoms with Crippen LogP contribution in [0.15, 0.2) is 30.3 Å². The van der Waals surface area contributed by atoms with Gasteiger partial charge in [-0.3, -0.25) is 0 Å². The molecule has 0 spiro atoms. The fourth-order valence-corrected chi connectivity index (χ4v) is 4.16. The maximum absolute atomic E-state index is 12.3. The SMILES string of the molecule is CC1(O)OC(=O)C(c2c(Cl)cccc2Cl)=C1c1ccc(Cl)s1. The molecule has 1 aliphatic heterocycles. The van der Waals surface area contributed by atoms with Crippen molar-refractivity contribution in [3.05, 3.63) is 55.2 Å². The van der Waals surface area contributed by atoms with E-state index in [4.69, 9.17) is 39.5 Å². The van der Waals surface area contributed by atoms with Crippen molar-refractivity contribution in [3.63, 3.8) is 0 Å². The lowest BCUT2D eigenvalue weighted by Gasteiger charge is -2.18. The van der Waals surface area contributed by atoms with Crippen molar-refractivity contribution in [1.82, 2.24) is 0 Å². The summed E-state index contributed by atoms with van der Waals surface area (Å²) in [6, 6.07) is 8.31. The van der Waals surface area contributed by atoms with Gasteiger partial charge in [0.2, 0.25) is 5.79 Å². The highest BCUT2D eigenvalue weighted by molar-refractivity contribution is 7.17. The largest absolute Gasteiger partial charge is 0.425 e. The zero-order valence-electron chi connectivity index (χ0n) is 11.2. The molecule has 1 aliphatic rings. The lowest BCUT2D eigenvalue weighted by atomic mass is 9.96. The third kappa shape index (κ3) is 2.55. The molecule has 0 amide bonds. The number of hydrogen-bond acceptors (Lipinski definition) is 4. The number of hydrogen-bond donors (Lipinski definition) is 1. The van der Waals surface area contributed by atoms with Crippen LogP contribution in [0.5, 0.6) is 0 Å². The Labute approximate surface area is 145 Å². The van der Waals surface area contributed by atoms with Crippen LogP contribution in [0.1, 0.15) is 17.4 Å². The smallest absolute Gasteiger partial charge is 0.342 e. The number of benzene rings is 1. The van der Waals surface area contributed by atoms with Gasteiger partial charge in [-0.1, -0.05) is 40.9 Å². The van der Waals surface area contributed by atoms with E-state index in [1.54, 1.807) is 30.3 Å². The molecular formula is C15H9Cl3O3S. The Balaban J connectivity index is 2.35. The zero-order chi connectivity index (χ0) is 16.1. The average Bonchev–Trinajstić information content (AvgIpc) is 2.91. The third-order valence-corrected chi connectivity index (χ3v) is 5.12.